The molecular formula is C17H19NO. The first-order valence-electron chi connectivity index (χ1n) is 7.08. The molecule has 1 N–H and O–H groups in total. The van der Waals surface area contributed by atoms with Crippen molar-refractivity contribution < 1.29 is 4.79 Å². The van der Waals surface area contributed by atoms with Crippen LogP contribution in [0.2, 0.25) is 0 Å². The zero-order valence-electron chi connectivity index (χ0n) is 11.1. The second kappa shape index (κ2) is 5.43. The summed E-state index contributed by atoms with van der Waals surface area (Å²) < 4.78 is 0. The lowest BCUT2D eigenvalue weighted by Gasteiger charge is -2.24. The highest BCUT2D eigenvalue weighted by Gasteiger charge is 2.24. The zero-order chi connectivity index (χ0) is 13.1. The van der Waals surface area contributed by atoms with Crippen LogP contribution in [0.1, 0.15) is 24.8 Å². The third kappa shape index (κ3) is 2.78. The van der Waals surface area contributed by atoms with Gasteiger partial charge < -0.3 is 5.32 Å². The first-order valence-corrected chi connectivity index (χ1v) is 7.08. The van der Waals surface area contributed by atoms with Crippen molar-refractivity contribution in [3.8, 4) is 0 Å². The molecule has 19 heavy (non-hydrogen) atoms. The summed E-state index contributed by atoms with van der Waals surface area (Å²) in [5, 5.41) is 5.58. The number of benzene rings is 2. The standard InChI is InChI=1S/C17H19NO/c19-17(15-6-3-7-15)18-11-10-13-8-9-14-4-1-2-5-16(14)12-13/h1-2,4-5,8-9,12,15H,3,6-7,10-11H2,(H,18,19). The molecule has 2 aromatic carbocycles. The van der Waals surface area contributed by atoms with Crippen molar-refractivity contribution in [2.24, 2.45) is 5.92 Å². The molecule has 2 heteroatoms. The van der Waals surface area contributed by atoms with Gasteiger partial charge in [0.15, 0.2) is 0 Å². The monoisotopic (exact) mass is 253 g/mol. The molecule has 3 rings (SSSR count). The second-order valence-electron chi connectivity index (χ2n) is 5.35. The smallest absolute Gasteiger partial charge is 0.223 e. The number of hydrogen-bond donors (Lipinski definition) is 1. The molecule has 1 aliphatic rings. The Morgan fingerprint density at radius 2 is 1.89 bits per heavy atom. The van der Waals surface area contributed by atoms with Crippen LogP contribution in [0.4, 0.5) is 0 Å². The fraction of sp³-hybridized carbons (Fsp3) is 0.353. The maximum Gasteiger partial charge on any atom is 0.223 e. The highest BCUT2D eigenvalue weighted by Crippen LogP contribution is 2.26. The van der Waals surface area contributed by atoms with Gasteiger partial charge in [-0.2, -0.15) is 0 Å². The molecule has 0 heterocycles. The lowest BCUT2D eigenvalue weighted by molar-refractivity contribution is -0.127. The first-order chi connectivity index (χ1) is 9.33. The summed E-state index contributed by atoms with van der Waals surface area (Å²) in [5.74, 6) is 0.531. The van der Waals surface area contributed by atoms with E-state index in [2.05, 4.69) is 47.8 Å². The number of hydrogen-bond acceptors (Lipinski definition) is 1. The van der Waals surface area contributed by atoms with Gasteiger partial charge >= 0.3 is 0 Å². The molecule has 0 saturated heterocycles. The molecule has 0 aliphatic heterocycles. The van der Waals surface area contributed by atoms with Crippen LogP contribution in [0.3, 0.4) is 0 Å². The Kier molecular flexibility index (Phi) is 3.49. The average Bonchev–Trinajstić information content (AvgIpc) is 2.36. The normalized spacial score (nSPS) is 15.2. The molecule has 2 nitrogen and oxygen atoms in total. The van der Waals surface area contributed by atoms with Gasteiger partial charge in [-0.3, -0.25) is 4.79 Å². The van der Waals surface area contributed by atoms with E-state index < -0.39 is 0 Å². The van der Waals surface area contributed by atoms with Crippen LogP contribution in [0.5, 0.6) is 0 Å². The van der Waals surface area contributed by atoms with Gasteiger partial charge in [0.1, 0.15) is 0 Å². The third-order valence-electron chi connectivity index (χ3n) is 4.00. The Balaban J connectivity index is 1.57. The van der Waals surface area contributed by atoms with E-state index in [9.17, 15) is 4.79 Å². The van der Waals surface area contributed by atoms with Gasteiger partial charge in [0, 0.05) is 12.5 Å². The van der Waals surface area contributed by atoms with Gasteiger partial charge in [-0.05, 0) is 35.6 Å². The summed E-state index contributed by atoms with van der Waals surface area (Å²) in [6.07, 6.45) is 4.26. The van der Waals surface area contributed by atoms with Crippen LogP contribution < -0.4 is 5.32 Å². The van der Waals surface area contributed by atoms with E-state index in [1.807, 2.05) is 0 Å². The predicted molar refractivity (Wildman–Crippen MR) is 78.0 cm³/mol. The fourth-order valence-electron chi connectivity index (χ4n) is 2.54. The summed E-state index contributed by atoms with van der Waals surface area (Å²) >= 11 is 0. The van der Waals surface area contributed by atoms with Crippen molar-refractivity contribution in [2.75, 3.05) is 6.54 Å². The molecule has 98 valence electrons. The van der Waals surface area contributed by atoms with Gasteiger partial charge in [0.25, 0.3) is 0 Å². The van der Waals surface area contributed by atoms with Crippen molar-refractivity contribution in [1.82, 2.24) is 5.32 Å². The second-order valence-corrected chi connectivity index (χ2v) is 5.35. The molecule has 0 spiro atoms. The minimum atomic E-state index is 0.243. The molecule has 1 fully saturated rings. The molecular weight excluding hydrogens is 234 g/mol. The Labute approximate surface area is 113 Å². The number of rotatable bonds is 4. The third-order valence-corrected chi connectivity index (χ3v) is 4.00. The largest absolute Gasteiger partial charge is 0.356 e. The summed E-state index contributed by atoms with van der Waals surface area (Å²) in [5.41, 5.74) is 1.28. The highest BCUT2D eigenvalue weighted by molar-refractivity contribution is 5.83. The van der Waals surface area contributed by atoms with E-state index in [1.165, 1.54) is 22.8 Å². The van der Waals surface area contributed by atoms with E-state index in [1.54, 1.807) is 0 Å². The van der Waals surface area contributed by atoms with Crippen LogP contribution in [-0.4, -0.2) is 12.5 Å². The number of carbonyl (C=O) groups is 1. The Hall–Kier alpha value is -1.83. The van der Waals surface area contributed by atoms with Gasteiger partial charge in [0.2, 0.25) is 5.91 Å². The maximum atomic E-state index is 11.7. The summed E-state index contributed by atoms with van der Waals surface area (Å²) in [7, 11) is 0. The molecule has 0 atom stereocenters. The van der Waals surface area contributed by atoms with Gasteiger partial charge in [-0.15, -0.1) is 0 Å². The predicted octanol–water partition coefficient (Wildman–Crippen LogP) is 3.30. The van der Waals surface area contributed by atoms with Crippen LogP contribution in [-0.2, 0) is 11.2 Å². The number of amides is 1. The molecule has 1 amide bonds. The summed E-state index contributed by atoms with van der Waals surface area (Å²) in [6, 6.07) is 14.9. The van der Waals surface area contributed by atoms with Crippen molar-refractivity contribution >= 4 is 16.7 Å². The van der Waals surface area contributed by atoms with E-state index in [-0.39, 0.29) is 11.8 Å². The molecule has 1 aliphatic carbocycles. The van der Waals surface area contributed by atoms with E-state index in [0.717, 1.165) is 25.8 Å². The molecule has 0 aromatic heterocycles. The van der Waals surface area contributed by atoms with Crippen LogP contribution in [0.25, 0.3) is 10.8 Å². The molecule has 2 aromatic rings. The summed E-state index contributed by atoms with van der Waals surface area (Å²) in [6.45, 7) is 0.744. The minimum Gasteiger partial charge on any atom is -0.356 e. The van der Waals surface area contributed by atoms with Crippen LogP contribution in [0, 0.1) is 5.92 Å². The maximum absolute atomic E-state index is 11.7. The van der Waals surface area contributed by atoms with E-state index in [4.69, 9.17) is 0 Å². The van der Waals surface area contributed by atoms with Gasteiger partial charge in [-0.25, -0.2) is 0 Å². The topological polar surface area (TPSA) is 29.1 Å². The number of nitrogens with one attached hydrogen (secondary N) is 1. The van der Waals surface area contributed by atoms with Crippen molar-refractivity contribution in [1.29, 1.82) is 0 Å². The van der Waals surface area contributed by atoms with Crippen molar-refractivity contribution in [2.45, 2.75) is 25.7 Å². The van der Waals surface area contributed by atoms with Gasteiger partial charge in [-0.1, -0.05) is 48.9 Å². The van der Waals surface area contributed by atoms with Crippen molar-refractivity contribution in [3.05, 3.63) is 48.0 Å². The number of fused-ring (bicyclic) bond motifs is 1. The van der Waals surface area contributed by atoms with Gasteiger partial charge in [0.05, 0.1) is 0 Å². The highest BCUT2D eigenvalue weighted by atomic mass is 16.1. The average molecular weight is 253 g/mol. The lowest BCUT2D eigenvalue weighted by Crippen LogP contribution is -2.35. The lowest BCUT2D eigenvalue weighted by atomic mass is 9.85. The zero-order valence-corrected chi connectivity index (χ0v) is 11.1. The Morgan fingerprint density at radius 3 is 2.63 bits per heavy atom. The molecule has 0 unspecified atom stereocenters. The molecule has 0 radical (unpaired) electrons. The minimum absolute atomic E-state index is 0.243. The first kappa shape index (κ1) is 12.2. The number of carbonyl (C=O) groups excluding carboxylic acids is 1. The van der Waals surface area contributed by atoms with Crippen LogP contribution in [0.15, 0.2) is 42.5 Å². The van der Waals surface area contributed by atoms with E-state index >= 15 is 0 Å². The summed E-state index contributed by atoms with van der Waals surface area (Å²) in [4.78, 5) is 11.7. The Morgan fingerprint density at radius 1 is 1.11 bits per heavy atom. The molecule has 0 bridgehead atoms. The van der Waals surface area contributed by atoms with Crippen molar-refractivity contribution in [3.63, 3.8) is 0 Å². The fourth-order valence-corrected chi connectivity index (χ4v) is 2.54. The van der Waals surface area contributed by atoms with E-state index in [0.29, 0.717) is 0 Å². The van der Waals surface area contributed by atoms with Crippen LogP contribution >= 0.6 is 0 Å². The molecule has 1 saturated carbocycles. The Bertz CT molecular complexity index is 587. The quantitative estimate of drug-likeness (QED) is 0.890. The SMILES string of the molecule is O=C(NCCc1ccc2ccccc2c1)C1CCC1.